The Morgan fingerprint density at radius 1 is 0.931 bits per heavy atom. The first-order valence-corrected chi connectivity index (χ1v) is 9.30. The highest BCUT2D eigenvalue weighted by atomic mass is 16.6. The Bertz CT molecular complexity index is 1020. The largest absolute Gasteiger partial charge is 0.486 e. The van der Waals surface area contributed by atoms with E-state index in [-0.39, 0.29) is 5.91 Å². The molecular formula is C22H22N4O3. The fourth-order valence-electron chi connectivity index (χ4n) is 2.96. The quantitative estimate of drug-likeness (QED) is 0.688. The Hall–Kier alpha value is -3.74. The molecule has 2 aromatic carbocycles. The smallest absolute Gasteiger partial charge is 0.255 e. The summed E-state index contributed by atoms with van der Waals surface area (Å²) in [5.41, 5.74) is 3.15. The highest BCUT2D eigenvalue weighted by Crippen LogP contribution is 2.32. The number of pyridine rings is 1. The van der Waals surface area contributed by atoms with Gasteiger partial charge in [0.2, 0.25) is 0 Å². The molecular weight excluding hydrogens is 368 g/mol. The molecule has 7 heteroatoms. The van der Waals surface area contributed by atoms with Crippen molar-refractivity contribution in [1.82, 2.24) is 4.98 Å². The van der Waals surface area contributed by atoms with Crippen LogP contribution in [0.3, 0.4) is 0 Å². The van der Waals surface area contributed by atoms with Crippen LogP contribution in [-0.2, 0) is 0 Å². The number of hydrogen-bond donors (Lipinski definition) is 2. The molecule has 0 unspecified atom stereocenters. The van der Waals surface area contributed by atoms with Gasteiger partial charge in [-0.15, -0.1) is 0 Å². The average molecular weight is 390 g/mol. The van der Waals surface area contributed by atoms with Crippen molar-refractivity contribution in [1.29, 1.82) is 0 Å². The second-order valence-corrected chi connectivity index (χ2v) is 6.81. The molecule has 2 N–H and O–H groups in total. The fourth-order valence-corrected chi connectivity index (χ4v) is 2.96. The summed E-state index contributed by atoms with van der Waals surface area (Å²) in [6.07, 6.45) is 1.61. The minimum atomic E-state index is -0.227. The van der Waals surface area contributed by atoms with E-state index in [4.69, 9.17) is 9.47 Å². The van der Waals surface area contributed by atoms with Gasteiger partial charge in [0.15, 0.2) is 11.5 Å². The van der Waals surface area contributed by atoms with Crippen LogP contribution < -0.4 is 25.0 Å². The monoisotopic (exact) mass is 390 g/mol. The predicted molar refractivity (Wildman–Crippen MR) is 114 cm³/mol. The van der Waals surface area contributed by atoms with Crippen LogP contribution in [0.15, 0.2) is 60.8 Å². The summed E-state index contributed by atoms with van der Waals surface area (Å²) in [6, 6.07) is 16.7. The van der Waals surface area contributed by atoms with Gasteiger partial charge >= 0.3 is 0 Å². The van der Waals surface area contributed by atoms with Crippen molar-refractivity contribution in [3.63, 3.8) is 0 Å². The van der Waals surface area contributed by atoms with Crippen molar-refractivity contribution in [2.75, 3.05) is 42.8 Å². The second-order valence-electron chi connectivity index (χ2n) is 6.81. The van der Waals surface area contributed by atoms with Crippen LogP contribution in [0.2, 0.25) is 0 Å². The average Bonchev–Trinajstić information content (AvgIpc) is 2.74. The van der Waals surface area contributed by atoms with E-state index in [1.807, 2.05) is 43.3 Å². The molecule has 0 radical (unpaired) electrons. The van der Waals surface area contributed by atoms with Gasteiger partial charge in [-0.1, -0.05) is 0 Å². The third-order valence-corrected chi connectivity index (χ3v) is 4.48. The number of rotatable bonds is 5. The van der Waals surface area contributed by atoms with Crippen molar-refractivity contribution in [2.45, 2.75) is 0 Å². The molecule has 0 saturated carbocycles. The Balaban J connectivity index is 1.45. The minimum absolute atomic E-state index is 0.227. The predicted octanol–water partition coefficient (Wildman–Crippen LogP) is 3.91. The zero-order chi connectivity index (χ0) is 20.2. The number of fused-ring (bicyclic) bond motifs is 1. The van der Waals surface area contributed by atoms with Gasteiger partial charge in [-0.3, -0.25) is 4.79 Å². The molecule has 1 aliphatic rings. The van der Waals surface area contributed by atoms with Gasteiger partial charge in [0, 0.05) is 49.0 Å². The molecule has 1 aliphatic heterocycles. The Kier molecular flexibility index (Phi) is 5.20. The molecule has 4 rings (SSSR count). The van der Waals surface area contributed by atoms with Crippen molar-refractivity contribution in [3.05, 3.63) is 66.4 Å². The molecule has 1 amide bonds. The topological polar surface area (TPSA) is 75.7 Å². The molecule has 29 heavy (non-hydrogen) atoms. The molecule has 0 bridgehead atoms. The minimum Gasteiger partial charge on any atom is -0.486 e. The lowest BCUT2D eigenvalue weighted by Crippen LogP contribution is -2.16. The molecule has 3 aromatic rings. The maximum atomic E-state index is 12.7. The van der Waals surface area contributed by atoms with Crippen LogP contribution in [-0.4, -0.2) is 38.2 Å². The van der Waals surface area contributed by atoms with Gasteiger partial charge in [0.1, 0.15) is 19.0 Å². The van der Waals surface area contributed by atoms with E-state index in [1.165, 1.54) is 0 Å². The number of carbonyl (C=O) groups is 1. The molecule has 148 valence electrons. The SMILES string of the molecule is CN(C)c1ccc(Nc2cc(C(=O)Nc3ccc4c(c3)OCCO4)ccn2)cc1. The lowest BCUT2D eigenvalue weighted by Gasteiger charge is -2.19. The van der Waals surface area contributed by atoms with Gasteiger partial charge in [0.05, 0.1) is 0 Å². The van der Waals surface area contributed by atoms with Crippen molar-refractivity contribution >= 4 is 28.8 Å². The number of hydrogen-bond acceptors (Lipinski definition) is 6. The van der Waals surface area contributed by atoms with Gasteiger partial charge in [-0.2, -0.15) is 0 Å². The van der Waals surface area contributed by atoms with Crippen LogP contribution in [0.25, 0.3) is 0 Å². The van der Waals surface area contributed by atoms with Gasteiger partial charge in [0.25, 0.3) is 5.91 Å². The highest BCUT2D eigenvalue weighted by Gasteiger charge is 2.14. The maximum absolute atomic E-state index is 12.7. The highest BCUT2D eigenvalue weighted by molar-refractivity contribution is 6.04. The Morgan fingerprint density at radius 2 is 1.66 bits per heavy atom. The summed E-state index contributed by atoms with van der Waals surface area (Å²) in [4.78, 5) is 19.0. The first kappa shape index (κ1) is 18.6. The molecule has 1 aromatic heterocycles. The van der Waals surface area contributed by atoms with E-state index in [0.29, 0.717) is 41.8 Å². The summed E-state index contributed by atoms with van der Waals surface area (Å²) in [5.74, 6) is 1.68. The molecule has 0 fully saturated rings. The zero-order valence-corrected chi connectivity index (χ0v) is 16.3. The number of amides is 1. The number of ether oxygens (including phenoxy) is 2. The van der Waals surface area contributed by atoms with E-state index in [0.717, 1.165) is 11.4 Å². The van der Waals surface area contributed by atoms with Gasteiger partial charge in [-0.05, 0) is 48.5 Å². The van der Waals surface area contributed by atoms with Crippen LogP contribution in [0.5, 0.6) is 11.5 Å². The van der Waals surface area contributed by atoms with E-state index < -0.39 is 0 Å². The van der Waals surface area contributed by atoms with Crippen molar-refractivity contribution in [2.24, 2.45) is 0 Å². The lowest BCUT2D eigenvalue weighted by atomic mass is 10.2. The van der Waals surface area contributed by atoms with Crippen LogP contribution >= 0.6 is 0 Å². The second kappa shape index (κ2) is 8.10. The third kappa shape index (κ3) is 4.40. The van der Waals surface area contributed by atoms with Crippen LogP contribution in [0.4, 0.5) is 22.9 Å². The number of nitrogens with one attached hydrogen (secondary N) is 2. The summed E-state index contributed by atoms with van der Waals surface area (Å²) in [7, 11) is 3.99. The Morgan fingerprint density at radius 3 is 2.41 bits per heavy atom. The van der Waals surface area contributed by atoms with E-state index in [1.54, 1.807) is 36.5 Å². The number of anilines is 4. The van der Waals surface area contributed by atoms with Gasteiger partial charge in [-0.25, -0.2) is 4.98 Å². The zero-order valence-electron chi connectivity index (χ0n) is 16.3. The van der Waals surface area contributed by atoms with Crippen LogP contribution in [0, 0.1) is 0 Å². The summed E-state index contributed by atoms with van der Waals surface area (Å²) in [5, 5.41) is 6.11. The van der Waals surface area contributed by atoms with E-state index in [9.17, 15) is 4.79 Å². The number of carbonyl (C=O) groups excluding carboxylic acids is 1. The molecule has 7 nitrogen and oxygen atoms in total. The van der Waals surface area contributed by atoms with E-state index >= 15 is 0 Å². The maximum Gasteiger partial charge on any atom is 0.255 e. The van der Waals surface area contributed by atoms with E-state index in [2.05, 4.69) is 15.6 Å². The van der Waals surface area contributed by atoms with Crippen LogP contribution in [0.1, 0.15) is 10.4 Å². The normalized spacial score (nSPS) is 12.2. The standard InChI is InChI=1S/C22H22N4O3/c1-26(2)18-6-3-16(4-7-18)24-21-13-15(9-10-23-21)22(27)25-17-5-8-19-20(14-17)29-12-11-28-19/h3-10,13-14H,11-12H2,1-2H3,(H,23,24)(H,25,27). The van der Waals surface area contributed by atoms with Crippen molar-refractivity contribution in [3.8, 4) is 11.5 Å². The number of nitrogens with zero attached hydrogens (tertiary/aromatic N) is 2. The molecule has 0 spiro atoms. The molecule has 2 heterocycles. The number of aromatic nitrogens is 1. The number of benzene rings is 2. The molecule has 0 atom stereocenters. The Labute approximate surface area is 169 Å². The molecule has 0 aliphatic carbocycles. The third-order valence-electron chi connectivity index (χ3n) is 4.48. The summed E-state index contributed by atoms with van der Waals surface area (Å²) in [6.45, 7) is 1.03. The summed E-state index contributed by atoms with van der Waals surface area (Å²) < 4.78 is 11.1. The summed E-state index contributed by atoms with van der Waals surface area (Å²) >= 11 is 0. The van der Waals surface area contributed by atoms with Crippen molar-refractivity contribution < 1.29 is 14.3 Å². The lowest BCUT2D eigenvalue weighted by molar-refractivity contribution is 0.102. The van der Waals surface area contributed by atoms with Gasteiger partial charge < -0.3 is 25.0 Å². The first-order valence-electron chi connectivity index (χ1n) is 9.30. The molecule has 0 saturated heterocycles. The first-order chi connectivity index (χ1) is 14.1. The fraction of sp³-hybridized carbons (Fsp3) is 0.182.